The molecule has 4 aromatic carbocycles. The van der Waals surface area contributed by atoms with Gasteiger partial charge in [0, 0.05) is 60.1 Å². The predicted octanol–water partition coefficient (Wildman–Crippen LogP) is 7.90. The van der Waals surface area contributed by atoms with Gasteiger partial charge in [-0.25, -0.2) is 4.79 Å². The number of allylic oxidation sites excluding steroid dienone is 1. The molecule has 4 aromatic rings. The molecule has 0 aliphatic carbocycles. The van der Waals surface area contributed by atoms with E-state index < -0.39 is 17.8 Å². The minimum Gasteiger partial charge on any atom is -0.462 e. The van der Waals surface area contributed by atoms with Crippen LogP contribution >= 0.6 is 11.6 Å². The molecule has 47 heavy (non-hydrogen) atoms. The Labute approximate surface area is 282 Å². The highest BCUT2D eigenvalue weighted by Gasteiger charge is 2.43. The van der Waals surface area contributed by atoms with Crippen LogP contribution < -0.4 is 4.90 Å². The number of hydrogen-bond donors (Lipinski definition) is 0. The third-order valence-electron chi connectivity index (χ3n) is 9.28. The van der Waals surface area contributed by atoms with Crippen LogP contribution in [-0.2, 0) is 14.3 Å². The molecule has 2 aliphatic heterocycles. The van der Waals surface area contributed by atoms with E-state index in [1.165, 1.54) is 0 Å². The highest BCUT2D eigenvalue weighted by Crippen LogP contribution is 2.41. The highest BCUT2D eigenvalue weighted by molar-refractivity contribution is 6.30. The molecule has 1 fully saturated rings. The average Bonchev–Trinajstić information content (AvgIpc) is 3.10. The topological polar surface area (TPSA) is 62.2 Å². The van der Waals surface area contributed by atoms with Gasteiger partial charge in [0.15, 0.2) is 0 Å². The Balaban J connectivity index is 1.23. The molecule has 240 valence electrons. The van der Waals surface area contributed by atoms with E-state index >= 15 is 0 Å². The molecule has 6 rings (SSSR count). The fraction of sp³-hybridized carbons (Fsp3) is 0.275. The van der Waals surface area contributed by atoms with Crippen LogP contribution in [0.15, 0.2) is 132 Å². The van der Waals surface area contributed by atoms with E-state index in [1.54, 1.807) is 6.07 Å². The zero-order chi connectivity index (χ0) is 32.8. The molecular weight excluding hydrogens is 606 g/mol. The van der Waals surface area contributed by atoms with Crippen molar-refractivity contribution in [3.8, 4) is 0 Å². The van der Waals surface area contributed by atoms with E-state index in [4.69, 9.17) is 21.3 Å². The first kappa shape index (κ1) is 32.3. The van der Waals surface area contributed by atoms with Crippen LogP contribution in [-0.4, -0.2) is 55.3 Å². The third-order valence-corrected chi connectivity index (χ3v) is 9.51. The second kappa shape index (κ2) is 14.8. The van der Waals surface area contributed by atoms with Gasteiger partial charge in [-0.15, -0.1) is 0 Å². The maximum atomic E-state index is 14.4. The molecule has 0 bridgehead atoms. The Morgan fingerprint density at radius 3 is 2.00 bits per heavy atom. The van der Waals surface area contributed by atoms with Crippen molar-refractivity contribution in [2.75, 3.05) is 37.7 Å². The van der Waals surface area contributed by atoms with Gasteiger partial charge in [0.25, 0.3) is 0 Å². The summed E-state index contributed by atoms with van der Waals surface area (Å²) in [6, 6.07) is 38.3. The Morgan fingerprint density at radius 1 is 0.809 bits per heavy atom. The normalized spacial score (nSPS) is 18.3. The van der Waals surface area contributed by atoms with Crippen molar-refractivity contribution in [2.45, 2.75) is 32.1 Å². The van der Waals surface area contributed by atoms with Gasteiger partial charge in [-0.05, 0) is 61.2 Å². The molecule has 0 saturated carbocycles. The fourth-order valence-electron chi connectivity index (χ4n) is 6.95. The lowest BCUT2D eigenvalue weighted by Gasteiger charge is -2.40. The van der Waals surface area contributed by atoms with Gasteiger partial charge in [-0.2, -0.15) is 0 Å². The van der Waals surface area contributed by atoms with Crippen LogP contribution in [0.5, 0.6) is 0 Å². The first-order valence-electron chi connectivity index (χ1n) is 16.3. The molecule has 2 atom stereocenters. The number of benzene rings is 4. The van der Waals surface area contributed by atoms with Crippen molar-refractivity contribution in [1.82, 2.24) is 4.90 Å². The van der Waals surface area contributed by atoms with Crippen molar-refractivity contribution in [1.29, 1.82) is 0 Å². The number of hydrogen-bond acceptors (Lipinski definition) is 5. The van der Waals surface area contributed by atoms with Crippen LogP contribution in [0.4, 0.5) is 5.69 Å². The molecule has 0 aromatic heterocycles. The number of amides is 1. The standard InChI is InChI=1S/C40H40ClN3O3/c1-28-36(39(45)44-24-22-43(23-25-44)34-19-10-5-11-20-34)38(32-17-12-18-33(41)27-32)37(29(2)42-28)40(46)47-26-21-35(30-13-6-3-7-14-30)31-15-8-4-9-16-31/h3-20,27,35-36,38H,21-26H2,1-2H3. The molecule has 2 aliphatic rings. The number of para-hydroxylation sites is 1. The minimum atomic E-state index is -0.649. The van der Waals surface area contributed by atoms with E-state index in [1.807, 2.05) is 91.5 Å². The number of rotatable bonds is 9. The Morgan fingerprint density at radius 2 is 1.40 bits per heavy atom. The monoisotopic (exact) mass is 645 g/mol. The van der Waals surface area contributed by atoms with Crippen LogP contribution in [0.25, 0.3) is 0 Å². The summed E-state index contributed by atoms with van der Waals surface area (Å²) in [4.78, 5) is 37.4. The van der Waals surface area contributed by atoms with Gasteiger partial charge < -0.3 is 14.5 Å². The van der Waals surface area contributed by atoms with Crippen LogP contribution in [0.2, 0.25) is 5.02 Å². The molecule has 7 heteroatoms. The number of carbonyl (C=O) groups is 2. The number of esters is 1. The van der Waals surface area contributed by atoms with Crippen molar-refractivity contribution < 1.29 is 14.3 Å². The first-order chi connectivity index (χ1) is 22.9. The largest absolute Gasteiger partial charge is 0.462 e. The molecule has 0 N–H and O–H groups in total. The van der Waals surface area contributed by atoms with E-state index in [0.29, 0.717) is 41.5 Å². The van der Waals surface area contributed by atoms with Gasteiger partial charge in [-0.1, -0.05) is 103 Å². The SMILES string of the molecule is CC1=NC(C)=C(C(=O)OCCC(c2ccccc2)c2ccccc2)C(c2cccc(Cl)c2)C1C(=O)N1CCN(c2ccccc2)CC1. The van der Waals surface area contributed by atoms with Crippen LogP contribution in [0.3, 0.4) is 0 Å². The molecule has 6 nitrogen and oxygen atoms in total. The van der Waals surface area contributed by atoms with E-state index in [-0.39, 0.29) is 18.4 Å². The zero-order valence-corrected chi connectivity index (χ0v) is 27.6. The predicted molar refractivity (Wildman–Crippen MR) is 189 cm³/mol. The van der Waals surface area contributed by atoms with Gasteiger partial charge in [0.1, 0.15) is 0 Å². The van der Waals surface area contributed by atoms with E-state index in [2.05, 4.69) is 41.3 Å². The summed E-state index contributed by atoms with van der Waals surface area (Å²) in [6.07, 6.45) is 0.615. The fourth-order valence-corrected chi connectivity index (χ4v) is 7.15. The molecule has 2 unspecified atom stereocenters. The molecule has 1 amide bonds. The summed E-state index contributed by atoms with van der Waals surface area (Å²) < 4.78 is 6.05. The van der Waals surface area contributed by atoms with E-state index in [9.17, 15) is 9.59 Å². The number of nitrogens with zero attached hydrogens (tertiary/aromatic N) is 3. The number of carbonyl (C=O) groups excluding carboxylic acids is 2. The second-order valence-corrected chi connectivity index (χ2v) is 12.6. The van der Waals surface area contributed by atoms with Crippen LogP contribution in [0.1, 0.15) is 48.8 Å². The smallest absolute Gasteiger partial charge is 0.336 e. The third kappa shape index (κ3) is 7.34. The lowest BCUT2D eigenvalue weighted by molar-refractivity contribution is -0.140. The first-order valence-corrected chi connectivity index (χ1v) is 16.7. The lowest BCUT2D eigenvalue weighted by Crippen LogP contribution is -2.52. The molecule has 1 saturated heterocycles. The van der Waals surface area contributed by atoms with Gasteiger partial charge in [0.2, 0.25) is 5.91 Å². The summed E-state index contributed by atoms with van der Waals surface area (Å²) in [6.45, 7) is 6.56. The molecule has 0 radical (unpaired) electrons. The number of ether oxygens (including phenoxy) is 1. The molecule has 2 heterocycles. The zero-order valence-electron chi connectivity index (χ0n) is 26.9. The maximum Gasteiger partial charge on any atom is 0.336 e. The van der Waals surface area contributed by atoms with Crippen molar-refractivity contribution in [3.63, 3.8) is 0 Å². The van der Waals surface area contributed by atoms with Gasteiger partial charge >= 0.3 is 5.97 Å². The molecule has 0 spiro atoms. The van der Waals surface area contributed by atoms with E-state index in [0.717, 1.165) is 35.5 Å². The number of halogens is 1. The summed E-state index contributed by atoms with van der Waals surface area (Å²) in [7, 11) is 0. The average molecular weight is 646 g/mol. The van der Waals surface area contributed by atoms with Crippen molar-refractivity contribution in [2.24, 2.45) is 10.9 Å². The maximum absolute atomic E-state index is 14.4. The number of anilines is 1. The Bertz CT molecular complexity index is 1710. The summed E-state index contributed by atoms with van der Waals surface area (Å²) in [5.41, 5.74) is 5.94. The Hall–Kier alpha value is -4.68. The minimum absolute atomic E-state index is 0.0324. The van der Waals surface area contributed by atoms with Crippen molar-refractivity contribution in [3.05, 3.63) is 148 Å². The van der Waals surface area contributed by atoms with Crippen LogP contribution in [0, 0.1) is 5.92 Å². The summed E-state index contributed by atoms with van der Waals surface area (Å²) in [5, 5.41) is 0.546. The number of aliphatic imine (C=N–C) groups is 1. The quantitative estimate of drug-likeness (QED) is 0.174. The summed E-state index contributed by atoms with van der Waals surface area (Å²) >= 11 is 6.49. The molecular formula is C40H40ClN3O3. The van der Waals surface area contributed by atoms with Gasteiger partial charge in [-0.3, -0.25) is 9.79 Å². The second-order valence-electron chi connectivity index (χ2n) is 12.2. The number of piperazine rings is 1. The Kier molecular flexibility index (Phi) is 10.2. The summed E-state index contributed by atoms with van der Waals surface area (Å²) in [5.74, 6) is -1.63. The highest BCUT2D eigenvalue weighted by atomic mass is 35.5. The van der Waals surface area contributed by atoms with Crippen molar-refractivity contribution >= 4 is 34.9 Å². The lowest BCUT2D eigenvalue weighted by atomic mass is 9.75. The van der Waals surface area contributed by atoms with Gasteiger partial charge in [0.05, 0.1) is 18.1 Å².